The normalized spacial score (nSPS) is 19.6. The van der Waals surface area contributed by atoms with E-state index in [2.05, 4.69) is 5.32 Å². The maximum absolute atomic E-state index is 12.1. The molecule has 5 N–H and O–H groups in total. The fraction of sp³-hybridized carbons (Fsp3) is 0.667. The molecule has 0 saturated carbocycles. The van der Waals surface area contributed by atoms with Gasteiger partial charge in [0.25, 0.3) is 0 Å². The molecule has 1 fully saturated rings. The lowest BCUT2D eigenvalue weighted by Gasteiger charge is -2.34. The molecule has 0 bridgehead atoms. The van der Waals surface area contributed by atoms with Gasteiger partial charge in [0.15, 0.2) is 0 Å². The molecular weight excluding hydrogens is 282 g/mol. The second-order valence-electron chi connectivity index (χ2n) is 4.88. The summed E-state index contributed by atoms with van der Waals surface area (Å²) in [6.07, 6.45) is 1.29. The largest absolute Gasteiger partial charge is 0.481 e. The molecule has 1 rings (SSSR count). The van der Waals surface area contributed by atoms with Crippen LogP contribution in [0.15, 0.2) is 0 Å². The first-order valence-corrected chi connectivity index (χ1v) is 6.64. The third-order valence-electron chi connectivity index (χ3n) is 3.33. The van der Waals surface area contributed by atoms with Crippen molar-refractivity contribution in [3.8, 4) is 0 Å². The zero-order valence-electron chi connectivity index (χ0n) is 11.4. The Bertz CT molecular complexity index is 439. The number of carbonyl (C=O) groups excluding carboxylic acids is 2. The average Bonchev–Trinajstić information content (AvgIpc) is 2.42. The second kappa shape index (κ2) is 7.46. The Morgan fingerprint density at radius 3 is 2.43 bits per heavy atom. The van der Waals surface area contributed by atoms with E-state index in [4.69, 9.17) is 15.9 Å². The highest BCUT2D eigenvalue weighted by atomic mass is 16.4. The summed E-state index contributed by atoms with van der Waals surface area (Å²) in [6, 6.07) is -2.78. The Labute approximate surface area is 121 Å². The maximum Gasteiger partial charge on any atom is 0.326 e. The van der Waals surface area contributed by atoms with Gasteiger partial charge in [0.1, 0.15) is 12.1 Å². The van der Waals surface area contributed by atoms with Gasteiger partial charge < -0.3 is 26.2 Å². The molecule has 0 aromatic heterocycles. The van der Waals surface area contributed by atoms with Gasteiger partial charge in [-0.2, -0.15) is 0 Å². The van der Waals surface area contributed by atoms with Crippen LogP contribution in [0.3, 0.4) is 0 Å². The number of nitrogens with zero attached hydrogens (tertiary/aromatic N) is 1. The number of carboxylic acid groups (broad SMARTS) is 2. The van der Waals surface area contributed by atoms with E-state index >= 15 is 0 Å². The van der Waals surface area contributed by atoms with E-state index < -0.39 is 36.0 Å². The van der Waals surface area contributed by atoms with Crippen LogP contribution in [-0.2, 0) is 14.4 Å². The van der Waals surface area contributed by atoms with Crippen LogP contribution < -0.4 is 11.1 Å². The Balaban J connectivity index is 2.68. The van der Waals surface area contributed by atoms with Gasteiger partial charge in [0.05, 0.1) is 0 Å². The second-order valence-corrected chi connectivity index (χ2v) is 4.88. The molecule has 3 amide bonds. The number of primary amides is 1. The van der Waals surface area contributed by atoms with Gasteiger partial charge in [-0.05, 0) is 25.7 Å². The minimum absolute atomic E-state index is 0.231. The van der Waals surface area contributed by atoms with Gasteiger partial charge in [-0.3, -0.25) is 9.59 Å². The molecule has 2 unspecified atom stereocenters. The van der Waals surface area contributed by atoms with Crippen LogP contribution in [0.25, 0.3) is 0 Å². The molecule has 1 heterocycles. The first-order chi connectivity index (χ1) is 9.82. The molecule has 1 saturated heterocycles. The van der Waals surface area contributed by atoms with Gasteiger partial charge in [-0.1, -0.05) is 0 Å². The quantitative estimate of drug-likeness (QED) is 0.512. The fourth-order valence-corrected chi connectivity index (χ4v) is 2.23. The van der Waals surface area contributed by atoms with Crippen molar-refractivity contribution in [2.24, 2.45) is 5.73 Å². The molecule has 0 aliphatic carbocycles. The van der Waals surface area contributed by atoms with Crippen molar-refractivity contribution in [1.82, 2.24) is 10.2 Å². The van der Waals surface area contributed by atoms with Gasteiger partial charge in [-0.25, -0.2) is 9.59 Å². The SMILES string of the molecule is NC(=O)C1CCCCN1C(=O)NC(CCC(=O)O)C(=O)O. The molecule has 9 heteroatoms. The Kier molecular flexibility index (Phi) is 5.94. The van der Waals surface area contributed by atoms with E-state index in [-0.39, 0.29) is 12.8 Å². The minimum Gasteiger partial charge on any atom is -0.481 e. The van der Waals surface area contributed by atoms with Crippen LogP contribution in [0.1, 0.15) is 32.1 Å². The van der Waals surface area contributed by atoms with Crippen molar-refractivity contribution >= 4 is 23.9 Å². The average molecular weight is 301 g/mol. The molecule has 0 spiro atoms. The molecule has 0 aromatic rings. The summed E-state index contributed by atoms with van der Waals surface area (Å²) in [7, 11) is 0. The monoisotopic (exact) mass is 301 g/mol. The summed E-state index contributed by atoms with van der Waals surface area (Å²) in [5.41, 5.74) is 5.23. The molecule has 21 heavy (non-hydrogen) atoms. The lowest BCUT2D eigenvalue weighted by atomic mass is 10.0. The lowest BCUT2D eigenvalue weighted by molar-refractivity contribution is -0.140. The molecular formula is C12H19N3O6. The van der Waals surface area contributed by atoms with E-state index in [1.54, 1.807) is 0 Å². The van der Waals surface area contributed by atoms with Crippen molar-refractivity contribution < 1.29 is 29.4 Å². The molecule has 118 valence electrons. The highest BCUT2D eigenvalue weighted by Gasteiger charge is 2.32. The minimum atomic E-state index is -1.32. The number of aliphatic carboxylic acids is 2. The van der Waals surface area contributed by atoms with Crippen LogP contribution in [0.2, 0.25) is 0 Å². The smallest absolute Gasteiger partial charge is 0.326 e. The van der Waals surface area contributed by atoms with E-state index in [0.29, 0.717) is 19.4 Å². The number of nitrogens with two attached hydrogens (primary N) is 1. The van der Waals surface area contributed by atoms with Crippen LogP contribution in [0.4, 0.5) is 4.79 Å². The molecule has 0 aromatic carbocycles. The Morgan fingerprint density at radius 1 is 1.24 bits per heavy atom. The highest BCUT2D eigenvalue weighted by molar-refractivity contribution is 5.88. The molecule has 1 aliphatic rings. The Morgan fingerprint density at radius 2 is 1.90 bits per heavy atom. The fourth-order valence-electron chi connectivity index (χ4n) is 2.23. The molecule has 0 radical (unpaired) electrons. The number of piperidine rings is 1. The number of urea groups is 1. The van der Waals surface area contributed by atoms with Crippen LogP contribution in [0.5, 0.6) is 0 Å². The van der Waals surface area contributed by atoms with E-state index in [1.807, 2.05) is 0 Å². The van der Waals surface area contributed by atoms with Crippen molar-refractivity contribution in [2.75, 3.05) is 6.54 Å². The number of carbonyl (C=O) groups is 4. The predicted molar refractivity (Wildman–Crippen MR) is 70.4 cm³/mol. The van der Waals surface area contributed by atoms with Gasteiger partial charge >= 0.3 is 18.0 Å². The summed E-state index contributed by atoms with van der Waals surface area (Å²) >= 11 is 0. The van der Waals surface area contributed by atoms with Crippen molar-refractivity contribution in [3.05, 3.63) is 0 Å². The number of hydrogen-bond donors (Lipinski definition) is 4. The standard InChI is InChI=1S/C12H19N3O6/c13-10(18)8-3-1-2-6-15(8)12(21)14-7(11(19)20)4-5-9(16)17/h7-8H,1-6H2,(H2,13,18)(H,14,21)(H,16,17)(H,19,20). The zero-order chi connectivity index (χ0) is 16.0. The van der Waals surface area contributed by atoms with E-state index in [1.165, 1.54) is 4.90 Å². The number of carboxylic acids is 2. The third kappa shape index (κ3) is 4.93. The lowest BCUT2D eigenvalue weighted by Crippen LogP contribution is -2.56. The first kappa shape index (κ1) is 16.7. The third-order valence-corrected chi connectivity index (χ3v) is 3.33. The predicted octanol–water partition coefficient (Wildman–Crippen LogP) is -0.646. The number of hydrogen-bond acceptors (Lipinski definition) is 4. The maximum atomic E-state index is 12.1. The van der Waals surface area contributed by atoms with Crippen molar-refractivity contribution in [3.63, 3.8) is 0 Å². The van der Waals surface area contributed by atoms with Gasteiger partial charge in [0.2, 0.25) is 5.91 Å². The number of likely N-dealkylation sites (tertiary alicyclic amines) is 1. The first-order valence-electron chi connectivity index (χ1n) is 6.64. The molecule has 1 aliphatic heterocycles. The van der Waals surface area contributed by atoms with Gasteiger partial charge in [-0.15, -0.1) is 0 Å². The van der Waals surface area contributed by atoms with E-state index in [0.717, 1.165) is 6.42 Å². The van der Waals surface area contributed by atoms with Crippen LogP contribution >= 0.6 is 0 Å². The molecule has 9 nitrogen and oxygen atoms in total. The van der Waals surface area contributed by atoms with Gasteiger partial charge in [0, 0.05) is 13.0 Å². The van der Waals surface area contributed by atoms with Crippen molar-refractivity contribution in [1.29, 1.82) is 0 Å². The summed E-state index contributed by atoms with van der Waals surface area (Å²) in [4.78, 5) is 46.1. The van der Waals surface area contributed by atoms with Crippen LogP contribution in [0, 0.1) is 0 Å². The van der Waals surface area contributed by atoms with Crippen molar-refractivity contribution in [2.45, 2.75) is 44.2 Å². The summed E-state index contributed by atoms with van der Waals surface area (Å²) < 4.78 is 0. The summed E-state index contributed by atoms with van der Waals surface area (Å²) in [5, 5.41) is 19.8. The summed E-state index contributed by atoms with van der Waals surface area (Å²) in [5.74, 6) is -3.11. The summed E-state index contributed by atoms with van der Waals surface area (Å²) in [6.45, 7) is 0.310. The number of nitrogens with one attached hydrogen (secondary N) is 1. The molecule has 2 atom stereocenters. The Hall–Kier alpha value is -2.32. The van der Waals surface area contributed by atoms with Crippen LogP contribution in [-0.4, -0.2) is 57.6 Å². The zero-order valence-corrected chi connectivity index (χ0v) is 11.4. The topological polar surface area (TPSA) is 150 Å². The number of rotatable bonds is 6. The van der Waals surface area contributed by atoms with E-state index in [9.17, 15) is 19.2 Å². The highest BCUT2D eigenvalue weighted by Crippen LogP contribution is 2.17. The number of amides is 3.